The lowest BCUT2D eigenvalue weighted by atomic mass is 10.0. The minimum atomic E-state index is -2.65. The van der Waals surface area contributed by atoms with Gasteiger partial charge in [0.15, 0.2) is 0 Å². The van der Waals surface area contributed by atoms with E-state index in [1.54, 1.807) is 14.2 Å². The first-order valence-corrected chi connectivity index (χ1v) is 10.1. The monoisotopic (exact) mass is 414 g/mol. The summed E-state index contributed by atoms with van der Waals surface area (Å²) in [7, 11) is 0.495. The van der Waals surface area contributed by atoms with Crippen LogP contribution in [0.25, 0.3) is 0 Å². The average Bonchev–Trinajstić information content (AvgIpc) is 3.06. The van der Waals surface area contributed by atoms with Crippen LogP contribution in [-0.4, -0.2) is 63.9 Å². The van der Waals surface area contributed by atoms with E-state index in [1.807, 2.05) is 35.2 Å². The van der Waals surface area contributed by atoms with Crippen LogP contribution in [0.15, 0.2) is 34.7 Å². The number of benzene rings is 1. The molecule has 0 spiro atoms. The number of carbonyl (C=O) groups is 2. The number of methoxy groups -OCH3 is 1. The van der Waals surface area contributed by atoms with Crippen molar-refractivity contribution in [3.63, 3.8) is 0 Å². The number of carbonyl (C=O) groups excluding carboxylic acids is 2. The summed E-state index contributed by atoms with van der Waals surface area (Å²) in [5.74, 6) is -0.602. The Morgan fingerprint density at radius 3 is 2.67 bits per heavy atom. The van der Waals surface area contributed by atoms with Crippen LogP contribution in [0, 0.1) is 0 Å². The number of nitrogens with one attached hydrogen (secondary N) is 2. The Labute approximate surface area is 163 Å². The molecule has 1 aliphatic rings. The second kappa shape index (κ2) is 10.5. The van der Waals surface area contributed by atoms with E-state index >= 15 is 0 Å². The van der Waals surface area contributed by atoms with E-state index in [0.29, 0.717) is 13.0 Å². The van der Waals surface area contributed by atoms with Crippen LogP contribution < -0.4 is 10.0 Å². The van der Waals surface area contributed by atoms with E-state index < -0.39 is 27.7 Å². The Morgan fingerprint density at radius 2 is 2.07 bits per heavy atom. The van der Waals surface area contributed by atoms with E-state index in [1.165, 1.54) is 0 Å². The third-order valence-electron chi connectivity index (χ3n) is 4.29. The molecule has 2 N–H and O–H groups in total. The molecule has 9 nitrogen and oxygen atoms in total. The standard InChI is InChI=1S/C16H22N4O5S2/c1-17-26-16(22)19-15(21)14(9-18-27(23)24)20-10-12(25-2)8-13(20)11-6-4-3-5-7-11/h3-7,12-14,17H,8-10H2,1-2H3,(H,19,21,22). The lowest BCUT2D eigenvalue weighted by Crippen LogP contribution is -2.50. The second-order valence-corrected chi connectivity index (χ2v) is 7.52. The summed E-state index contributed by atoms with van der Waals surface area (Å²) in [6, 6.07) is 8.49. The Morgan fingerprint density at radius 1 is 1.37 bits per heavy atom. The highest BCUT2D eigenvalue weighted by Crippen LogP contribution is 2.35. The SMILES string of the molecule is CNSC(=O)NC(=O)C(CN=S(=O)=O)N1CC(OC)CC1c1ccccc1. The zero-order chi connectivity index (χ0) is 19.8. The van der Waals surface area contributed by atoms with Gasteiger partial charge in [0.2, 0.25) is 5.91 Å². The normalized spacial score (nSPS) is 20.8. The number of imide groups is 1. The predicted molar refractivity (Wildman–Crippen MR) is 101 cm³/mol. The Hall–Kier alpha value is -1.79. The van der Waals surface area contributed by atoms with Gasteiger partial charge < -0.3 is 4.74 Å². The first-order chi connectivity index (χ1) is 13.0. The van der Waals surface area contributed by atoms with E-state index in [4.69, 9.17) is 4.74 Å². The molecule has 3 atom stereocenters. The molecule has 0 aromatic heterocycles. The maximum atomic E-state index is 12.7. The van der Waals surface area contributed by atoms with Crippen LogP contribution in [0.2, 0.25) is 0 Å². The molecular formula is C16H22N4O5S2. The summed E-state index contributed by atoms with van der Waals surface area (Å²) < 4.78 is 33.3. The fourth-order valence-corrected chi connectivity index (χ4v) is 3.71. The number of nitrogens with zero attached hydrogens (tertiary/aromatic N) is 2. The van der Waals surface area contributed by atoms with Crippen LogP contribution >= 0.6 is 11.9 Å². The molecule has 1 heterocycles. The zero-order valence-corrected chi connectivity index (χ0v) is 16.6. The van der Waals surface area contributed by atoms with Crippen LogP contribution in [0.3, 0.4) is 0 Å². The van der Waals surface area contributed by atoms with Crippen LogP contribution in [0.5, 0.6) is 0 Å². The van der Waals surface area contributed by atoms with E-state index in [2.05, 4.69) is 14.4 Å². The lowest BCUT2D eigenvalue weighted by molar-refractivity contribution is -0.125. The number of ether oxygens (including phenoxy) is 1. The summed E-state index contributed by atoms with van der Waals surface area (Å²) >= 11 is 0.730. The van der Waals surface area contributed by atoms with Crippen molar-refractivity contribution >= 4 is 33.6 Å². The first kappa shape index (κ1) is 21.5. The number of hydrogen-bond donors (Lipinski definition) is 2. The zero-order valence-electron chi connectivity index (χ0n) is 15.0. The fraction of sp³-hybridized carbons (Fsp3) is 0.500. The molecule has 2 amide bonds. The van der Waals surface area contributed by atoms with Gasteiger partial charge in [0.1, 0.15) is 6.04 Å². The Kier molecular flexibility index (Phi) is 8.38. The molecule has 1 aromatic carbocycles. The summed E-state index contributed by atoms with van der Waals surface area (Å²) in [4.78, 5) is 26.3. The maximum absolute atomic E-state index is 12.7. The average molecular weight is 415 g/mol. The molecule has 2 rings (SSSR count). The van der Waals surface area contributed by atoms with Crippen molar-refractivity contribution in [2.75, 3.05) is 27.2 Å². The molecule has 0 aliphatic carbocycles. The van der Waals surface area contributed by atoms with Crippen LogP contribution in [0.4, 0.5) is 4.79 Å². The van der Waals surface area contributed by atoms with Crippen molar-refractivity contribution in [3.8, 4) is 0 Å². The fourth-order valence-electron chi connectivity index (χ4n) is 3.11. The van der Waals surface area contributed by atoms with Gasteiger partial charge in [-0.1, -0.05) is 30.3 Å². The third-order valence-corrected chi connectivity index (χ3v) is 5.15. The van der Waals surface area contributed by atoms with Gasteiger partial charge in [-0.05, 0) is 19.0 Å². The predicted octanol–water partition coefficient (Wildman–Crippen LogP) is 0.984. The van der Waals surface area contributed by atoms with Gasteiger partial charge in [-0.2, -0.15) is 12.8 Å². The van der Waals surface area contributed by atoms with E-state index in [-0.39, 0.29) is 18.7 Å². The molecule has 27 heavy (non-hydrogen) atoms. The first-order valence-electron chi connectivity index (χ1n) is 8.25. The van der Waals surface area contributed by atoms with Gasteiger partial charge in [0, 0.05) is 31.6 Å². The molecule has 0 radical (unpaired) electrons. The molecule has 0 bridgehead atoms. The molecule has 1 fully saturated rings. The van der Waals surface area contributed by atoms with Crippen molar-refractivity contribution in [1.82, 2.24) is 14.9 Å². The number of amides is 2. The van der Waals surface area contributed by atoms with Crippen molar-refractivity contribution < 1.29 is 22.7 Å². The van der Waals surface area contributed by atoms with Crippen LogP contribution in [0.1, 0.15) is 18.0 Å². The Bertz CT molecular complexity index is 779. The van der Waals surface area contributed by atoms with Gasteiger partial charge in [0.25, 0.3) is 0 Å². The van der Waals surface area contributed by atoms with Crippen molar-refractivity contribution in [1.29, 1.82) is 0 Å². The van der Waals surface area contributed by atoms with Crippen molar-refractivity contribution in [3.05, 3.63) is 35.9 Å². The molecular weight excluding hydrogens is 392 g/mol. The molecule has 1 aromatic rings. The molecule has 0 saturated carbocycles. The van der Waals surface area contributed by atoms with Gasteiger partial charge in [0.05, 0.1) is 12.6 Å². The minimum Gasteiger partial charge on any atom is -0.380 e. The Balaban J connectivity index is 2.31. The molecule has 1 saturated heterocycles. The quantitative estimate of drug-likeness (QED) is 0.634. The van der Waals surface area contributed by atoms with Gasteiger partial charge in [-0.25, -0.2) is 0 Å². The summed E-state index contributed by atoms with van der Waals surface area (Å²) in [5, 5.41) is 1.69. The number of rotatable bonds is 7. The second-order valence-electron chi connectivity index (χ2n) is 5.84. The van der Waals surface area contributed by atoms with Gasteiger partial charge in [-0.15, -0.1) is 0 Å². The molecule has 148 valence electrons. The number of hydrogen-bond acceptors (Lipinski definition) is 9. The van der Waals surface area contributed by atoms with E-state index in [0.717, 1.165) is 17.5 Å². The molecule has 3 unspecified atom stereocenters. The highest BCUT2D eigenvalue weighted by Gasteiger charge is 2.40. The third kappa shape index (κ3) is 6.11. The summed E-state index contributed by atoms with van der Waals surface area (Å²) in [6.07, 6.45) is 0.523. The van der Waals surface area contributed by atoms with Crippen molar-refractivity contribution in [2.45, 2.75) is 24.6 Å². The van der Waals surface area contributed by atoms with Crippen molar-refractivity contribution in [2.24, 2.45) is 4.36 Å². The summed E-state index contributed by atoms with van der Waals surface area (Å²) in [5.41, 5.74) is 0.981. The summed E-state index contributed by atoms with van der Waals surface area (Å²) in [6.45, 7) is 0.141. The lowest BCUT2D eigenvalue weighted by Gasteiger charge is -2.30. The highest BCUT2D eigenvalue weighted by molar-refractivity contribution is 8.11. The topological polar surface area (TPSA) is 117 Å². The van der Waals surface area contributed by atoms with Gasteiger partial charge >= 0.3 is 15.7 Å². The number of likely N-dealkylation sites (tertiary alicyclic amines) is 1. The highest BCUT2D eigenvalue weighted by atomic mass is 32.2. The molecule has 11 heteroatoms. The van der Waals surface area contributed by atoms with Gasteiger partial charge in [-0.3, -0.25) is 24.5 Å². The smallest absolute Gasteiger partial charge is 0.311 e. The van der Waals surface area contributed by atoms with E-state index in [9.17, 15) is 18.0 Å². The van der Waals surface area contributed by atoms with Crippen LogP contribution in [-0.2, 0) is 20.0 Å². The maximum Gasteiger partial charge on any atom is 0.311 e. The molecule has 1 aliphatic heterocycles. The minimum absolute atomic E-state index is 0.120. The largest absolute Gasteiger partial charge is 0.380 e.